The van der Waals surface area contributed by atoms with E-state index in [0.717, 1.165) is 10.8 Å². The van der Waals surface area contributed by atoms with Gasteiger partial charge in [-0.05, 0) is 68.0 Å². The number of fused-ring (bicyclic) bond motifs is 1. The van der Waals surface area contributed by atoms with Gasteiger partial charge in [0.05, 0.1) is 21.1 Å². The number of rotatable bonds is 10. The zero-order valence-corrected chi connectivity index (χ0v) is 26.7. The van der Waals surface area contributed by atoms with Crippen LogP contribution in [-0.4, -0.2) is 72.4 Å². The second kappa shape index (κ2) is 12.3. The van der Waals surface area contributed by atoms with Crippen LogP contribution in [0, 0.1) is 5.41 Å². The standard InChI is InChI=1S/C28H31Cl3N6O4S/c1-28(2,3)26(27(38)39)37(42(40,41)20-13-17(29)12-18(30)14-20)19-6-7-23-21(15-19)22(31)16-36(23)25-9-8-24(33-34-25)32-10-11-35(4)5/h6-9,12-16,26H,10-11H2,1-5H3,(H,32,33)(H,38,39). The summed E-state index contributed by atoms with van der Waals surface area (Å²) in [5, 5.41) is 23.0. The highest BCUT2D eigenvalue weighted by molar-refractivity contribution is 7.93. The van der Waals surface area contributed by atoms with Crippen LogP contribution >= 0.6 is 34.8 Å². The number of benzene rings is 2. The average molecular weight is 654 g/mol. The minimum atomic E-state index is -4.47. The molecule has 2 aromatic carbocycles. The van der Waals surface area contributed by atoms with E-state index in [1.54, 1.807) is 55.8 Å². The molecule has 0 aliphatic heterocycles. The summed E-state index contributed by atoms with van der Waals surface area (Å²) in [5.74, 6) is -0.208. The van der Waals surface area contributed by atoms with Gasteiger partial charge in [-0.1, -0.05) is 55.6 Å². The van der Waals surface area contributed by atoms with Crippen LogP contribution in [0.25, 0.3) is 16.7 Å². The van der Waals surface area contributed by atoms with Crippen molar-refractivity contribution < 1.29 is 18.3 Å². The summed E-state index contributed by atoms with van der Waals surface area (Å²) in [4.78, 5) is 14.4. The summed E-state index contributed by atoms with van der Waals surface area (Å²) < 4.78 is 30.8. The Hall–Kier alpha value is -3.09. The lowest BCUT2D eigenvalue weighted by Gasteiger charge is -2.37. The largest absolute Gasteiger partial charge is 0.480 e. The monoisotopic (exact) mass is 652 g/mol. The molecule has 0 radical (unpaired) electrons. The van der Waals surface area contributed by atoms with Crippen molar-refractivity contribution in [1.82, 2.24) is 19.7 Å². The highest BCUT2D eigenvalue weighted by Gasteiger charge is 2.43. The molecule has 0 saturated heterocycles. The molecule has 1 atom stereocenters. The highest BCUT2D eigenvalue weighted by atomic mass is 35.5. The van der Waals surface area contributed by atoms with Crippen molar-refractivity contribution in [1.29, 1.82) is 0 Å². The number of carboxylic acids is 1. The molecule has 0 fully saturated rings. The molecule has 14 heteroatoms. The SMILES string of the molecule is CN(C)CCNc1ccc(-n2cc(Cl)c3cc(N(C(C(=O)O)C(C)(C)C)S(=O)(=O)c4cc(Cl)cc(Cl)c4)ccc32)nn1. The smallest absolute Gasteiger partial charge is 0.328 e. The Labute approximate surface area is 259 Å². The van der Waals surface area contributed by atoms with E-state index in [9.17, 15) is 18.3 Å². The zero-order valence-electron chi connectivity index (χ0n) is 23.6. The molecule has 0 saturated carbocycles. The fourth-order valence-electron chi connectivity index (χ4n) is 4.50. The van der Waals surface area contributed by atoms with Gasteiger partial charge in [-0.3, -0.25) is 8.87 Å². The first-order valence-corrected chi connectivity index (χ1v) is 15.4. The molecule has 4 rings (SSSR count). The van der Waals surface area contributed by atoms with Crippen molar-refractivity contribution in [2.45, 2.75) is 31.7 Å². The topological polar surface area (TPSA) is 121 Å². The Balaban J connectivity index is 1.82. The van der Waals surface area contributed by atoms with Crippen molar-refractivity contribution in [3.63, 3.8) is 0 Å². The van der Waals surface area contributed by atoms with E-state index in [1.165, 1.54) is 24.3 Å². The van der Waals surface area contributed by atoms with E-state index in [1.807, 2.05) is 19.0 Å². The number of aromatic nitrogens is 3. The van der Waals surface area contributed by atoms with E-state index in [0.29, 0.717) is 34.1 Å². The van der Waals surface area contributed by atoms with Gasteiger partial charge in [-0.15, -0.1) is 10.2 Å². The van der Waals surface area contributed by atoms with E-state index in [4.69, 9.17) is 34.8 Å². The second-order valence-corrected chi connectivity index (χ2v) is 14.2. The molecular formula is C28H31Cl3N6O4S. The number of nitrogens with zero attached hydrogens (tertiary/aromatic N) is 5. The van der Waals surface area contributed by atoms with E-state index >= 15 is 0 Å². The minimum Gasteiger partial charge on any atom is -0.480 e. The Morgan fingerprint density at radius 3 is 2.24 bits per heavy atom. The van der Waals surface area contributed by atoms with Gasteiger partial charge in [-0.25, -0.2) is 13.2 Å². The number of sulfonamides is 1. The molecule has 0 spiro atoms. The number of aliphatic carboxylic acids is 1. The molecule has 2 heterocycles. The first kappa shape index (κ1) is 31.8. The highest BCUT2D eigenvalue weighted by Crippen LogP contribution is 2.38. The number of anilines is 2. The number of carbonyl (C=O) groups is 1. The summed E-state index contributed by atoms with van der Waals surface area (Å²) in [7, 11) is -0.507. The Kier molecular flexibility index (Phi) is 9.29. The summed E-state index contributed by atoms with van der Waals surface area (Å²) in [6.45, 7) is 6.49. The Morgan fingerprint density at radius 1 is 1.02 bits per heavy atom. The molecule has 224 valence electrons. The molecule has 0 amide bonds. The lowest BCUT2D eigenvalue weighted by atomic mass is 9.86. The molecule has 0 aliphatic carbocycles. The van der Waals surface area contributed by atoms with Crippen molar-refractivity contribution >= 4 is 73.2 Å². The molecule has 1 unspecified atom stereocenters. The second-order valence-electron chi connectivity index (χ2n) is 11.1. The van der Waals surface area contributed by atoms with Crippen molar-refractivity contribution in [2.75, 3.05) is 36.8 Å². The van der Waals surface area contributed by atoms with Gasteiger partial charge in [-0.2, -0.15) is 0 Å². The third kappa shape index (κ3) is 6.76. The maximum atomic E-state index is 14.1. The lowest BCUT2D eigenvalue weighted by molar-refractivity contribution is -0.140. The van der Waals surface area contributed by atoms with Gasteiger partial charge >= 0.3 is 5.97 Å². The number of nitrogens with one attached hydrogen (secondary N) is 1. The average Bonchev–Trinajstić information content (AvgIpc) is 3.21. The quantitative estimate of drug-likeness (QED) is 0.212. The van der Waals surface area contributed by atoms with Crippen LogP contribution in [0.1, 0.15) is 20.8 Å². The van der Waals surface area contributed by atoms with Crippen LogP contribution in [0.3, 0.4) is 0 Å². The summed E-state index contributed by atoms with van der Waals surface area (Å²) in [6.07, 6.45) is 1.65. The predicted octanol–water partition coefficient (Wildman–Crippen LogP) is 6.05. The van der Waals surface area contributed by atoms with Crippen LogP contribution in [0.4, 0.5) is 11.5 Å². The molecule has 42 heavy (non-hydrogen) atoms. The molecule has 0 bridgehead atoms. The van der Waals surface area contributed by atoms with Crippen LogP contribution in [0.2, 0.25) is 15.1 Å². The van der Waals surface area contributed by atoms with E-state index in [-0.39, 0.29) is 20.6 Å². The van der Waals surface area contributed by atoms with Gasteiger partial charge in [0.1, 0.15) is 11.9 Å². The maximum absolute atomic E-state index is 14.1. The predicted molar refractivity (Wildman–Crippen MR) is 168 cm³/mol. The minimum absolute atomic E-state index is 0.0965. The van der Waals surface area contributed by atoms with Crippen molar-refractivity contribution in [2.24, 2.45) is 5.41 Å². The van der Waals surface area contributed by atoms with Gasteiger partial charge in [0.25, 0.3) is 10.0 Å². The summed E-state index contributed by atoms with van der Waals surface area (Å²) in [5.41, 5.74) is -0.284. The lowest BCUT2D eigenvalue weighted by Crippen LogP contribution is -2.52. The van der Waals surface area contributed by atoms with Crippen LogP contribution in [0.15, 0.2) is 59.6 Å². The van der Waals surface area contributed by atoms with Crippen LogP contribution in [-0.2, 0) is 14.8 Å². The third-order valence-electron chi connectivity index (χ3n) is 6.44. The third-order valence-corrected chi connectivity index (χ3v) is 8.95. The fourth-order valence-corrected chi connectivity index (χ4v) is 7.26. The van der Waals surface area contributed by atoms with Crippen LogP contribution < -0.4 is 9.62 Å². The fraction of sp³-hybridized carbons (Fsp3) is 0.321. The summed E-state index contributed by atoms with van der Waals surface area (Å²) in [6, 6.07) is 10.7. The summed E-state index contributed by atoms with van der Waals surface area (Å²) >= 11 is 18.9. The van der Waals surface area contributed by atoms with Gasteiger partial charge in [0, 0.05) is 34.7 Å². The molecule has 2 N–H and O–H groups in total. The number of hydrogen-bond donors (Lipinski definition) is 2. The first-order valence-electron chi connectivity index (χ1n) is 12.9. The number of carboxylic acid groups (broad SMARTS) is 1. The molecule has 10 nitrogen and oxygen atoms in total. The first-order chi connectivity index (χ1) is 19.6. The molecule has 2 aromatic heterocycles. The number of hydrogen-bond acceptors (Lipinski definition) is 7. The normalized spacial score (nSPS) is 13.0. The van der Waals surface area contributed by atoms with Gasteiger partial charge in [0.2, 0.25) is 0 Å². The number of likely N-dealkylation sites (N-methyl/N-ethyl adjacent to an activating group) is 1. The number of halogens is 3. The molecule has 0 aliphatic rings. The van der Waals surface area contributed by atoms with Crippen molar-refractivity contribution in [3.05, 3.63) is 69.8 Å². The van der Waals surface area contributed by atoms with Crippen LogP contribution in [0.5, 0.6) is 0 Å². The van der Waals surface area contributed by atoms with Gasteiger partial charge < -0.3 is 15.3 Å². The van der Waals surface area contributed by atoms with Gasteiger partial charge in [0.15, 0.2) is 5.82 Å². The van der Waals surface area contributed by atoms with E-state index < -0.39 is 27.4 Å². The zero-order chi connectivity index (χ0) is 31.0. The van der Waals surface area contributed by atoms with Crippen molar-refractivity contribution in [3.8, 4) is 5.82 Å². The molecular weight excluding hydrogens is 623 g/mol. The Morgan fingerprint density at radius 2 is 1.69 bits per heavy atom. The van der Waals surface area contributed by atoms with E-state index in [2.05, 4.69) is 15.5 Å². The molecule has 4 aromatic rings. The maximum Gasteiger partial charge on any atom is 0.328 e. The Bertz CT molecular complexity index is 1700.